The van der Waals surface area contributed by atoms with Crippen LogP contribution < -0.4 is 4.90 Å². The number of hydrogen-bond donors (Lipinski definition) is 2. The molecule has 4 atom stereocenters. The highest BCUT2D eigenvalue weighted by molar-refractivity contribution is 7.10. The van der Waals surface area contributed by atoms with Gasteiger partial charge in [0.2, 0.25) is 0 Å². The highest BCUT2D eigenvalue weighted by Crippen LogP contribution is 2.53. The van der Waals surface area contributed by atoms with Gasteiger partial charge in [0.1, 0.15) is 5.92 Å². The van der Waals surface area contributed by atoms with Crippen molar-refractivity contribution in [1.29, 1.82) is 21.2 Å². The van der Waals surface area contributed by atoms with E-state index in [1.165, 1.54) is 16.2 Å². The first kappa shape index (κ1) is 15.4. The first-order chi connectivity index (χ1) is 11.1. The minimum absolute atomic E-state index is 0.0551. The zero-order valence-corrected chi connectivity index (χ0v) is 13.5. The normalized spacial score (nSPS) is 31.9. The van der Waals surface area contributed by atoms with Gasteiger partial charge in [-0.1, -0.05) is 6.07 Å². The minimum atomic E-state index is -1.56. The summed E-state index contributed by atoms with van der Waals surface area (Å²) in [5.41, 5.74) is -0.710. The van der Waals surface area contributed by atoms with Crippen LogP contribution in [0.5, 0.6) is 0 Å². The molecular formula is C17H16N5S+. The first-order valence-corrected chi connectivity index (χ1v) is 8.32. The molecule has 1 aliphatic heterocycles. The molecule has 0 saturated heterocycles. The number of fused-ring (bicyclic) bond motifs is 1. The SMILES string of the molecule is C[NH+]1CC=C2C(C#N)C(=N)C(C#N)(C#N)[C@H](c3cccs3)[C@H]2C1. The number of thiophene rings is 1. The van der Waals surface area contributed by atoms with Gasteiger partial charge in [-0.05, 0) is 23.1 Å². The van der Waals surface area contributed by atoms with E-state index in [-0.39, 0.29) is 17.5 Å². The molecule has 2 unspecified atom stereocenters. The van der Waals surface area contributed by atoms with Crippen LogP contribution in [0, 0.1) is 56.7 Å². The molecule has 6 heteroatoms. The van der Waals surface area contributed by atoms with Crippen LogP contribution in [0.2, 0.25) is 0 Å². The van der Waals surface area contributed by atoms with Gasteiger partial charge >= 0.3 is 0 Å². The molecule has 1 aromatic rings. The standard InChI is InChI=1S/C17H15N5S/c1-22-5-4-11-12(7-18)16(21)17(9-19,10-20)15(13(11)8-22)14-3-2-6-23-14/h2-4,6,12-13,15,21H,5,8H2,1H3/p+1/t12?,13-,15-/m0/s1. The van der Waals surface area contributed by atoms with Crippen LogP contribution in [0.4, 0.5) is 0 Å². The topological polar surface area (TPSA) is 99.7 Å². The van der Waals surface area contributed by atoms with E-state index < -0.39 is 11.3 Å². The van der Waals surface area contributed by atoms with Crippen LogP contribution >= 0.6 is 11.3 Å². The maximum Gasteiger partial charge on any atom is 0.190 e. The fourth-order valence-corrected chi connectivity index (χ4v) is 4.79. The summed E-state index contributed by atoms with van der Waals surface area (Å²) >= 11 is 1.51. The van der Waals surface area contributed by atoms with Gasteiger partial charge in [0.05, 0.1) is 44.1 Å². The Balaban J connectivity index is 2.25. The molecule has 0 radical (unpaired) electrons. The molecule has 0 spiro atoms. The second-order valence-corrected chi connectivity index (χ2v) is 7.16. The van der Waals surface area contributed by atoms with Crippen molar-refractivity contribution in [2.75, 3.05) is 20.1 Å². The average molecular weight is 322 g/mol. The van der Waals surface area contributed by atoms with Crippen molar-refractivity contribution in [3.63, 3.8) is 0 Å². The van der Waals surface area contributed by atoms with Gasteiger partial charge in [-0.25, -0.2) is 0 Å². The summed E-state index contributed by atoms with van der Waals surface area (Å²) in [5.74, 6) is -1.19. The predicted molar refractivity (Wildman–Crippen MR) is 85.7 cm³/mol. The third-order valence-electron chi connectivity index (χ3n) is 4.93. The number of hydrogen-bond acceptors (Lipinski definition) is 5. The second kappa shape index (κ2) is 5.63. The summed E-state index contributed by atoms with van der Waals surface area (Å²) in [6, 6.07) is 10.2. The third kappa shape index (κ3) is 2.10. The quantitative estimate of drug-likeness (QED) is 0.757. The van der Waals surface area contributed by atoms with Crippen molar-refractivity contribution in [1.82, 2.24) is 0 Å². The molecule has 3 rings (SSSR count). The van der Waals surface area contributed by atoms with Crippen LogP contribution in [-0.4, -0.2) is 25.8 Å². The molecule has 2 aliphatic rings. The maximum absolute atomic E-state index is 9.81. The summed E-state index contributed by atoms with van der Waals surface area (Å²) in [6.07, 6.45) is 2.03. The van der Waals surface area contributed by atoms with E-state index >= 15 is 0 Å². The average Bonchev–Trinajstić information content (AvgIpc) is 3.08. The molecule has 1 aliphatic carbocycles. The second-order valence-electron chi connectivity index (χ2n) is 6.18. The summed E-state index contributed by atoms with van der Waals surface area (Å²) in [5, 5.41) is 39.5. The predicted octanol–water partition coefficient (Wildman–Crippen LogP) is 1.11. The van der Waals surface area contributed by atoms with Crippen molar-refractivity contribution < 1.29 is 4.90 Å². The summed E-state index contributed by atoms with van der Waals surface area (Å²) in [6.45, 7) is 1.57. The van der Waals surface area contributed by atoms with Crippen molar-refractivity contribution >= 4 is 17.0 Å². The van der Waals surface area contributed by atoms with Crippen LogP contribution in [0.25, 0.3) is 0 Å². The van der Waals surface area contributed by atoms with E-state index in [2.05, 4.69) is 25.3 Å². The molecule has 1 saturated carbocycles. The lowest BCUT2D eigenvalue weighted by atomic mass is 9.55. The zero-order chi connectivity index (χ0) is 16.6. The molecule has 0 bridgehead atoms. The Labute approximate surface area is 139 Å². The van der Waals surface area contributed by atoms with Gasteiger partial charge < -0.3 is 10.3 Å². The van der Waals surface area contributed by atoms with Gasteiger partial charge in [-0.3, -0.25) is 0 Å². The number of nitrogens with one attached hydrogen (secondary N) is 2. The van der Waals surface area contributed by atoms with E-state index in [0.29, 0.717) is 0 Å². The lowest BCUT2D eigenvalue weighted by Gasteiger charge is -2.45. The molecule has 2 N–H and O–H groups in total. The lowest BCUT2D eigenvalue weighted by molar-refractivity contribution is -0.878. The number of likely N-dealkylation sites (N-methyl/N-ethyl adjacent to an activating group) is 1. The zero-order valence-electron chi connectivity index (χ0n) is 12.7. The molecule has 23 heavy (non-hydrogen) atoms. The van der Waals surface area contributed by atoms with E-state index in [4.69, 9.17) is 5.41 Å². The molecule has 2 heterocycles. The monoisotopic (exact) mass is 322 g/mol. The van der Waals surface area contributed by atoms with Crippen LogP contribution in [0.3, 0.4) is 0 Å². The van der Waals surface area contributed by atoms with Gasteiger partial charge in [0.25, 0.3) is 0 Å². The molecule has 5 nitrogen and oxygen atoms in total. The number of quaternary nitrogens is 1. The summed E-state index contributed by atoms with van der Waals surface area (Å²) in [7, 11) is 2.07. The lowest BCUT2D eigenvalue weighted by Crippen LogP contribution is -3.10. The number of nitriles is 3. The maximum atomic E-state index is 9.81. The molecule has 1 aromatic heterocycles. The number of rotatable bonds is 1. The third-order valence-corrected chi connectivity index (χ3v) is 5.89. The molecule has 1 fully saturated rings. The van der Waals surface area contributed by atoms with E-state index in [0.717, 1.165) is 23.5 Å². The van der Waals surface area contributed by atoms with Crippen LogP contribution in [0.15, 0.2) is 29.2 Å². The Morgan fingerprint density at radius 1 is 1.35 bits per heavy atom. The molecule has 0 amide bonds. The fraction of sp³-hybridized carbons (Fsp3) is 0.412. The van der Waals surface area contributed by atoms with Crippen molar-refractivity contribution in [3.8, 4) is 18.2 Å². The van der Waals surface area contributed by atoms with Gasteiger partial charge in [0, 0.05) is 16.7 Å². The van der Waals surface area contributed by atoms with E-state index in [1.54, 1.807) is 0 Å². The van der Waals surface area contributed by atoms with E-state index in [9.17, 15) is 15.8 Å². The highest BCUT2D eigenvalue weighted by Gasteiger charge is 2.58. The van der Waals surface area contributed by atoms with Gasteiger partial charge in [0.15, 0.2) is 5.41 Å². The largest absolute Gasteiger partial charge is 0.334 e. The Bertz CT molecular complexity index is 772. The van der Waals surface area contributed by atoms with Crippen molar-refractivity contribution in [2.45, 2.75) is 5.92 Å². The molecular weight excluding hydrogens is 306 g/mol. The van der Waals surface area contributed by atoms with Gasteiger partial charge in [-0.2, -0.15) is 15.8 Å². The minimum Gasteiger partial charge on any atom is -0.334 e. The summed E-state index contributed by atoms with van der Waals surface area (Å²) in [4.78, 5) is 2.23. The Morgan fingerprint density at radius 2 is 2.09 bits per heavy atom. The number of nitrogens with zero attached hydrogens (tertiary/aromatic N) is 3. The Hall–Kier alpha value is -2.46. The van der Waals surface area contributed by atoms with Crippen LogP contribution in [0.1, 0.15) is 10.8 Å². The Kier molecular flexibility index (Phi) is 3.78. The van der Waals surface area contributed by atoms with Crippen LogP contribution in [-0.2, 0) is 0 Å². The highest BCUT2D eigenvalue weighted by atomic mass is 32.1. The van der Waals surface area contributed by atoms with Crippen molar-refractivity contribution in [2.24, 2.45) is 17.3 Å². The fourth-order valence-electron chi connectivity index (χ4n) is 3.83. The van der Waals surface area contributed by atoms with Crippen molar-refractivity contribution in [3.05, 3.63) is 34.0 Å². The molecule has 114 valence electrons. The first-order valence-electron chi connectivity index (χ1n) is 7.44. The smallest absolute Gasteiger partial charge is 0.190 e. The van der Waals surface area contributed by atoms with E-state index in [1.807, 2.05) is 23.6 Å². The van der Waals surface area contributed by atoms with Gasteiger partial charge in [-0.15, -0.1) is 11.3 Å². The molecule has 0 aromatic carbocycles. The summed E-state index contributed by atoms with van der Waals surface area (Å²) < 4.78 is 0. The Morgan fingerprint density at radius 3 is 2.65 bits per heavy atom.